The molecule has 0 aromatic carbocycles. The number of ketones is 4. The number of Topliss-reactive ketones (excluding diaryl/α,β-unsaturated/α-hetero) is 4. The standard InChI is InChI=1S/C14H20O10/c1-6(16)10(20)11(21)13(23,8(3)18)14(24,9(4)19)12(22,5-15)7(2)17/h5,10-11,20-24H,1-4H3/t10?,11-,12+,13-,14-/m1/s1. The molecule has 0 saturated carbocycles. The maximum Gasteiger partial charge on any atom is 0.217 e. The van der Waals surface area contributed by atoms with E-state index in [2.05, 4.69) is 0 Å². The topological polar surface area (TPSA) is 186 Å². The second-order valence-corrected chi connectivity index (χ2v) is 5.53. The Labute approximate surface area is 136 Å². The van der Waals surface area contributed by atoms with Crippen LogP contribution in [0.1, 0.15) is 27.7 Å². The van der Waals surface area contributed by atoms with Crippen LogP contribution in [0.4, 0.5) is 0 Å². The summed E-state index contributed by atoms with van der Waals surface area (Å²) < 4.78 is 0. The minimum Gasteiger partial charge on any atom is -0.386 e. The van der Waals surface area contributed by atoms with Crippen LogP contribution in [0.15, 0.2) is 0 Å². The largest absolute Gasteiger partial charge is 0.386 e. The summed E-state index contributed by atoms with van der Waals surface area (Å²) in [6, 6.07) is 0. The van der Waals surface area contributed by atoms with Crippen LogP contribution in [0.25, 0.3) is 0 Å². The minimum absolute atomic E-state index is 0.526. The van der Waals surface area contributed by atoms with Crippen molar-refractivity contribution in [2.75, 3.05) is 0 Å². The van der Waals surface area contributed by atoms with Crippen molar-refractivity contribution in [3.05, 3.63) is 0 Å². The Morgan fingerprint density at radius 3 is 1.46 bits per heavy atom. The molecule has 5 N–H and O–H groups in total. The molecule has 0 aliphatic heterocycles. The average molecular weight is 348 g/mol. The third-order valence-corrected chi connectivity index (χ3v) is 4.00. The molecule has 0 amide bonds. The molecule has 136 valence electrons. The first-order valence-corrected chi connectivity index (χ1v) is 6.69. The summed E-state index contributed by atoms with van der Waals surface area (Å²) in [5.74, 6) is -5.92. The molecule has 0 aliphatic rings. The Kier molecular flexibility index (Phi) is 6.41. The number of aldehydes is 1. The lowest BCUT2D eigenvalue weighted by molar-refractivity contribution is -0.248. The van der Waals surface area contributed by atoms with Gasteiger partial charge >= 0.3 is 0 Å². The van der Waals surface area contributed by atoms with Gasteiger partial charge in [-0.2, -0.15) is 0 Å². The zero-order valence-electron chi connectivity index (χ0n) is 13.5. The van der Waals surface area contributed by atoms with Crippen molar-refractivity contribution < 1.29 is 49.5 Å². The molecular weight excluding hydrogens is 328 g/mol. The summed E-state index contributed by atoms with van der Waals surface area (Å²) in [6.45, 7) is 2.42. The van der Waals surface area contributed by atoms with E-state index >= 15 is 0 Å². The Bertz CT molecular complexity index is 584. The van der Waals surface area contributed by atoms with Crippen LogP contribution in [-0.2, 0) is 24.0 Å². The van der Waals surface area contributed by atoms with Gasteiger partial charge in [-0.05, 0) is 27.7 Å². The third-order valence-electron chi connectivity index (χ3n) is 4.00. The van der Waals surface area contributed by atoms with Gasteiger partial charge in [0, 0.05) is 0 Å². The summed E-state index contributed by atoms with van der Waals surface area (Å²) in [5.41, 5.74) is -11.2. The molecule has 0 aromatic heterocycles. The summed E-state index contributed by atoms with van der Waals surface area (Å²) in [5, 5.41) is 50.9. The molecule has 0 bridgehead atoms. The highest BCUT2D eigenvalue weighted by molar-refractivity contribution is 6.12. The fourth-order valence-corrected chi connectivity index (χ4v) is 2.38. The first-order chi connectivity index (χ1) is 10.7. The maximum atomic E-state index is 11.9. The zero-order valence-corrected chi connectivity index (χ0v) is 13.5. The second kappa shape index (κ2) is 6.95. The van der Waals surface area contributed by atoms with E-state index in [1.54, 1.807) is 0 Å². The molecule has 1 unspecified atom stereocenters. The van der Waals surface area contributed by atoms with E-state index in [1.165, 1.54) is 0 Å². The average Bonchev–Trinajstić information content (AvgIpc) is 2.49. The molecule has 0 heterocycles. The van der Waals surface area contributed by atoms with Crippen LogP contribution in [0.2, 0.25) is 0 Å². The van der Waals surface area contributed by atoms with Crippen molar-refractivity contribution in [1.82, 2.24) is 0 Å². The Morgan fingerprint density at radius 2 is 1.25 bits per heavy atom. The summed E-state index contributed by atoms with van der Waals surface area (Å²) >= 11 is 0. The van der Waals surface area contributed by atoms with Crippen LogP contribution < -0.4 is 0 Å². The Hall–Kier alpha value is -1.85. The molecule has 0 aromatic rings. The van der Waals surface area contributed by atoms with Gasteiger partial charge in [0.05, 0.1) is 0 Å². The third kappa shape index (κ3) is 2.82. The van der Waals surface area contributed by atoms with Crippen LogP contribution in [0.3, 0.4) is 0 Å². The number of aliphatic hydroxyl groups is 5. The number of rotatable bonds is 9. The number of carbonyl (C=O) groups excluding carboxylic acids is 5. The molecule has 0 aliphatic carbocycles. The van der Waals surface area contributed by atoms with E-state index < -0.39 is 58.4 Å². The van der Waals surface area contributed by atoms with Crippen LogP contribution >= 0.6 is 0 Å². The molecule has 0 spiro atoms. The minimum atomic E-state index is -3.87. The summed E-state index contributed by atoms with van der Waals surface area (Å²) in [6.07, 6.45) is -5.88. The highest BCUT2D eigenvalue weighted by Gasteiger charge is 2.73. The lowest BCUT2D eigenvalue weighted by Gasteiger charge is -2.48. The number of aliphatic hydroxyl groups excluding tert-OH is 2. The van der Waals surface area contributed by atoms with Crippen LogP contribution in [0.5, 0.6) is 0 Å². The first kappa shape index (κ1) is 22.1. The van der Waals surface area contributed by atoms with Crippen LogP contribution in [-0.4, -0.2) is 84.0 Å². The Morgan fingerprint density at radius 1 is 0.833 bits per heavy atom. The van der Waals surface area contributed by atoms with E-state index in [9.17, 15) is 49.5 Å². The van der Waals surface area contributed by atoms with Gasteiger partial charge in [0.25, 0.3) is 0 Å². The highest BCUT2D eigenvalue weighted by Crippen LogP contribution is 2.38. The van der Waals surface area contributed by atoms with Crippen molar-refractivity contribution in [3.8, 4) is 0 Å². The van der Waals surface area contributed by atoms with Gasteiger partial charge in [0.1, 0.15) is 12.2 Å². The van der Waals surface area contributed by atoms with Gasteiger partial charge in [-0.3, -0.25) is 24.0 Å². The lowest BCUT2D eigenvalue weighted by Crippen LogP contribution is -2.80. The van der Waals surface area contributed by atoms with E-state index in [1.807, 2.05) is 0 Å². The monoisotopic (exact) mass is 348 g/mol. The number of hydrogen-bond donors (Lipinski definition) is 5. The van der Waals surface area contributed by atoms with E-state index in [-0.39, 0.29) is 0 Å². The number of carbonyl (C=O) groups is 5. The van der Waals surface area contributed by atoms with Crippen molar-refractivity contribution in [3.63, 3.8) is 0 Å². The van der Waals surface area contributed by atoms with Gasteiger partial charge in [0.2, 0.25) is 11.2 Å². The van der Waals surface area contributed by atoms with E-state index in [0.29, 0.717) is 20.8 Å². The van der Waals surface area contributed by atoms with Gasteiger partial charge in [0.15, 0.2) is 35.0 Å². The molecule has 0 radical (unpaired) electrons. The highest BCUT2D eigenvalue weighted by atomic mass is 16.4. The molecular formula is C14H20O10. The maximum absolute atomic E-state index is 11.9. The predicted molar refractivity (Wildman–Crippen MR) is 75.7 cm³/mol. The van der Waals surface area contributed by atoms with Gasteiger partial charge in [-0.15, -0.1) is 0 Å². The molecule has 10 nitrogen and oxygen atoms in total. The predicted octanol–water partition coefficient (Wildman–Crippen LogP) is -3.54. The molecule has 0 rings (SSSR count). The van der Waals surface area contributed by atoms with E-state index in [4.69, 9.17) is 0 Å². The molecule has 10 heteroatoms. The molecule has 0 fully saturated rings. The van der Waals surface area contributed by atoms with Crippen molar-refractivity contribution in [1.29, 1.82) is 0 Å². The zero-order chi connectivity index (χ0) is 19.7. The molecule has 5 atom stereocenters. The van der Waals surface area contributed by atoms with E-state index in [0.717, 1.165) is 6.92 Å². The quantitative estimate of drug-likeness (QED) is 0.206. The summed E-state index contributed by atoms with van der Waals surface area (Å²) in [7, 11) is 0. The second-order valence-electron chi connectivity index (χ2n) is 5.53. The van der Waals surface area contributed by atoms with Crippen molar-refractivity contribution >= 4 is 29.4 Å². The van der Waals surface area contributed by atoms with Crippen LogP contribution in [0, 0.1) is 0 Å². The number of hydrogen-bond acceptors (Lipinski definition) is 10. The molecule has 0 saturated heterocycles. The van der Waals surface area contributed by atoms with Gasteiger partial charge in [-0.1, -0.05) is 0 Å². The first-order valence-electron chi connectivity index (χ1n) is 6.69. The van der Waals surface area contributed by atoms with Gasteiger partial charge in [-0.25, -0.2) is 0 Å². The lowest BCUT2D eigenvalue weighted by atomic mass is 9.62. The summed E-state index contributed by atoms with van der Waals surface area (Å²) in [4.78, 5) is 57.8. The fourth-order valence-electron chi connectivity index (χ4n) is 2.38. The van der Waals surface area contributed by atoms with Crippen molar-refractivity contribution in [2.24, 2.45) is 0 Å². The normalized spacial score (nSPS) is 21.4. The SMILES string of the molecule is CC(=O)C(O)[C@@H](O)[C@](O)(C(C)=O)[C@@](O)(C(C)=O)[C@](O)(C=O)C(C)=O. The smallest absolute Gasteiger partial charge is 0.217 e. The fraction of sp³-hybridized carbons (Fsp3) is 0.643. The molecule has 24 heavy (non-hydrogen) atoms. The van der Waals surface area contributed by atoms with Gasteiger partial charge < -0.3 is 25.5 Å². The van der Waals surface area contributed by atoms with Crippen molar-refractivity contribution in [2.45, 2.75) is 56.7 Å². The Balaban J connectivity index is 6.89.